The number of hydrogen-bond donors (Lipinski definition) is 2. The van der Waals surface area contributed by atoms with Crippen molar-refractivity contribution in [3.63, 3.8) is 0 Å². The van der Waals surface area contributed by atoms with Crippen LogP contribution >= 0.6 is 0 Å². The van der Waals surface area contributed by atoms with Crippen molar-refractivity contribution >= 4 is 30.0 Å². The summed E-state index contributed by atoms with van der Waals surface area (Å²) in [4.78, 5) is 28.7. The first kappa shape index (κ1) is 19.9. The van der Waals surface area contributed by atoms with E-state index in [9.17, 15) is 4.79 Å². The summed E-state index contributed by atoms with van der Waals surface area (Å²) in [6, 6.07) is 6.98. The molecule has 0 bridgehead atoms. The maximum atomic E-state index is 10.6. The lowest BCUT2D eigenvalue weighted by Gasteiger charge is -2.20. The summed E-state index contributed by atoms with van der Waals surface area (Å²) in [6.07, 6.45) is 6.25. The summed E-state index contributed by atoms with van der Waals surface area (Å²) in [6.45, 7) is 3.48. The third-order valence-electron chi connectivity index (χ3n) is 5.01. The molecule has 10 heteroatoms. The molecule has 4 rings (SSSR count). The molecule has 2 aromatic rings. The van der Waals surface area contributed by atoms with E-state index in [0.717, 1.165) is 57.4 Å². The number of benzene rings is 1. The Balaban J connectivity index is 1.44. The molecule has 10 nitrogen and oxygen atoms in total. The van der Waals surface area contributed by atoms with Crippen LogP contribution in [-0.4, -0.2) is 65.0 Å². The zero-order chi connectivity index (χ0) is 20.8. The van der Waals surface area contributed by atoms with E-state index in [1.165, 1.54) is 0 Å². The van der Waals surface area contributed by atoms with Crippen LogP contribution in [0.4, 0.5) is 17.8 Å². The fourth-order valence-corrected chi connectivity index (χ4v) is 3.48. The van der Waals surface area contributed by atoms with Crippen molar-refractivity contribution in [2.45, 2.75) is 25.7 Å². The van der Waals surface area contributed by atoms with Crippen LogP contribution in [0, 0.1) is 0 Å². The molecular weight excluding hydrogens is 386 g/mol. The number of ether oxygens (including phenoxy) is 1. The molecule has 1 aromatic heterocycles. The Morgan fingerprint density at radius 3 is 2.10 bits per heavy atom. The Kier molecular flexibility index (Phi) is 6.21. The van der Waals surface area contributed by atoms with Crippen LogP contribution in [0.1, 0.15) is 31.2 Å². The number of carboxylic acids is 1. The summed E-state index contributed by atoms with van der Waals surface area (Å²) in [5.74, 6) is 1.30. The lowest BCUT2D eigenvalue weighted by atomic mass is 10.2. The molecule has 158 valence electrons. The van der Waals surface area contributed by atoms with Crippen molar-refractivity contribution in [1.29, 1.82) is 0 Å². The molecule has 2 aliphatic rings. The molecule has 0 atom stereocenters. The minimum atomic E-state index is -1.01. The van der Waals surface area contributed by atoms with Gasteiger partial charge >= 0.3 is 5.97 Å². The third-order valence-corrected chi connectivity index (χ3v) is 5.01. The van der Waals surface area contributed by atoms with E-state index in [-0.39, 0.29) is 6.61 Å². The van der Waals surface area contributed by atoms with Gasteiger partial charge in [0.05, 0.1) is 6.21 Å². The van der Waals surface area contributed by atoms with Gasteiger partial charge in [-0.1, -0.05) is 0 Å². The van der Waals surface area contributed by atoms with Crippen molar-refractivity contribution in [1.82, 2.24) is 15.0 Å². The van der Waals surface area contributed by atoms with Gasteiger partial charge in [0.15, 0.2) is 6.61 Å². The second-order valence-corrected chi connectivity index (χ2v) is 7.27. The van der Waals surface area contributed by atoms with Gasteiger partial charge in [-0.2, -0.15) is 20.1 Å². The zero-order valence-electron chi connectivity index (χ0n) is 16.7. The first-order chi connectivity index (χ1) is 14.7. The predicted octanol–water partition coefficient (Wildman–Crippen LogP) is 1.98. The quantitative estimate of drug-likeness (QED) is 0.497. The monoisotopic (exact) mass is 411 g/mol. The highest BCUT2D eigenvalue weighted by Crippen LogP contribution is 2.22. The van der Waals surface area contributed by atoms with Crippen molar-refractivity contribution in [3.8, 4) is 5.75 Å². The number of carboxylic acid groups (broad SMARTS) is 1. The fraction of sp³-hybridized carbons (Fsp3) is 0.450. The third kappa shape index (κ3) is 5.13. The van der Waals surface area contributed by atoms with E-state index in [2.05, 4.69) is 35.3 Å². The fourth-order valence-electron chi connectivity index (χ4n) is 3.48. The molecule has 0 spiro atoms. The van der Waals surface area contributed by atoms with Gasteiger partial charge in [0.25, 0.3) is 0 Å². The lowest BCUT2D eigenvalue weighted by Crippen LogP contribution is -2.25. The van der Waals surface area contributed by atoms with E-state index in [0.29, 0.717) is 23.6 Å². The van der Waals surface area contributed by atoms with Gasteiger partial charge in [0.1, 0.15) is 5.75 Å². The topological polar surface area (TPSA) is 116 Å². The predicted molar refractivity (Wildman–Crippen MR) is 114 cm³/mol. The largest absolute Gasteiger partial charge is 0.482 e. The van der Waals surface area contributed by atoms with Crippen LogP contribution in [0.15, 0.2) is 29.4 Å². The van der Waals surface area contributed by atoms with Crippen LogP contribution in [0.2, 0.25) is 0 Å². The van der Waals surface area contributed by atoms with E-state index >= 15 is 0 Å². The van der Waals surface area contributed by atoms with Gasteiger partial charge in [-0.15, -0.1) is 0 Å². The molecular formula is C20H25N7O3. The number of aliphatic carboxylic acids is 1. The highest BCUT2D eigenvalue weighted by atomic mass is 16.5. The van der Waals surface area contributed by atoms with Crippen LogP contribution in [0.3, 0.4) is 0 Å². The van der Waals surface area contributed by atoms with E-state index < -0.39 is 5.97 Å². The van der Waals surface area contributed by atoms with E-state index in [1.807, 2.05) is 0 Å². The maximum absolute atomic E-state index is 10.6. The van der Waals surface area contributed by atoms with Crippen molar-refractivity contribution in [2.75, 3.05) is 48.0 Å². The number of hydrogen-bond acceptors (Lipinski definition) is 9. The second kappa shape index (κ2) is 9.38. The molecule has 3 heterocycles. The van der Waals surface area contributed by atoms with E-state index in [1.54, 1.807) is 30.5 Å². The first-order valence-corrected chi connectivity index (χ1v) is 10.2. The van der Waals surface area contributed by atoms with Gasteiger partial charge < -0.3 is 19.6 Å². The molecule has 2 aliphatic heterocycles. The highest BCUT2D eigenvalue weighted by molar-refractivity contribution is 5.80. The maximum Gasteiger partial charge on any atom is 0.341 e. The van der Waals surface area contributed by atoms with Crippen molar-refractivity contribution in [2.24, 2.45) is 5.10 Å². The standard InChI is InChI=1S/C20H25N7O3/c28-17(29)14-30-16-7-5-15(6-8-16)13-21-25-18-22-19(26-9-1-2-10-26)24-20(23-18)27-11-3-4-12-27/h5-8,13H,1-4,9-12,14H2,(H,28,29)(H,22,23,24,25)/b21-13+. The number of anilines is 3. The van der Waals surface area contributed by atoms with Crippen LogP contribution in [-0.2, 0) is 4.79 Å². The average Bonchev–Trinajstić information content (AvgIpc) is 3.47. The summed E-state index contributed by atoms with van der Waals surface area (Å²) < 4.78 is 5.12. The number of nitrogens with one attached hydrogen (secondary N) is 1. The molecule has 1 aromatic carbocycles. The molecule has 0 unspecified atom stereocenters. The first-order valence-electron chi connectivity index (χ1n) is 10.2. The van der Waals surface area contributed by atoms with Crippen molar-refractivity contribution in [3.05, 3.63) is 29.8 Å². The number of rotatable bonds is 8. The van der Waals surface area contributed by atoms with Crippen LogP contribution in [0.25, 0.3) is 0 Å². The van der Waals surface area contributed by atoms with Crippen LogP contribution in [0.5, 0.6) is 5.75 Å². The number of hydrazone groups is 1. The van der Waals surface area contributed by atoms with Gasteiger partial charge in [-0.3, -0.25) is 0 Å². The minimum Gasteiger partial charge on any atom is -0.482 e. The molecule has 2 fully saturated rings. The Labute approximate surface area is 174 Å². The average molecular weight is 411 g/mol. The molecule has 30 heavy (non-hydrogen) atoms. The van der Waals surface area contributed by atoms with E-state index in [4.69, 9.17) is 9.84 Å². The normalized spacial score (nSPS) is 16.4. The Morgan fingerprint density at radius 1 is 1.00 bits per heavy atom. The van der Waals surface area contributed by atoms with Gasteiger partial charge in [-0.05, 0) is 55.5 Å². The zero-order valence-corrected chi connectivity index (χ0v) is 16.7. The van der Waals surface area contributed by atoms with Crippen molar-refractivity contribution < 1.29 is 14.6 Å². The molecule has 0 aliphatic carbocycles. The molecule has 0 radical (unpaired) electrons. The Morgan fingerprint density at radius 2 is 1.57 bits per heavy atom. The summed E-state index contributed by atoms with van der Waals surface area (Å²) in [7, 11) is 0. The highest BCUT2D eigenvalue weighted by Gasteiger charge is 2.21. The van der Waals surface area contributed by atoms with Gasteiger partial charge in [-0.25, -0.2) is 10.2 Å². The number of aromatic nitrogens is 3. The Hall–Kier alpha value is -3.43. The number of carbonyl (C=O) groups is 1. The van der Waals surface area contributed by atoms with Gasteiger partial charge in [0, 0.05) is 26.2 Å². The lowest BCUT2D eigenvalue weighted by molar-refractivity contribution is -0.139. The SMILES string of the molecule is O=C(O)COc1ccc(/C=N/Nc2nc(N3CCCC3)nc(N3CCCC3)n2)cc1. The minimum absolute atomic E-state index is 0.368. The smallest absolute Gasteiger partial charge is 0.341 e. The van der Waals surface area contributed by atoms with Crippen LogP contribution < -0.4 is 20.0 Å². The summed E-state index contributed by atoms with van der Waals surface area (Å²) in [5, 5.41) is 12.9. The molecule has 2 saturated heterocycles. The molecule has 0 amide bonds. The van der Waals surface area contributed by atoms with Gasteiger partial charge in [0.2, 0.25) is 17.8 Å². The summed E-state index contributed by atoms with van der Waals surface area (Å²) >= 11 is 0. The Bertz CT molecular complexity index is 858. The number of nitrogens with zero attached hydrogens (tertiary/aromatic N) is 6. The summed E-state index contributed by atoms with van der Waals surface area (Å²) in [5.41, 5.74) is 3.75. The second-order valence-electron chi connectivity index (χ2n) is 7.27. The molecule has 2 N–H and O–H groups in total. The molecule has 0 saturated carbocycles.